The molecule has 17 heavy (non-hydrogen) atoms. The van der Waals surface area contributed by atoms with Crippen LogP contribution in [0.3, 0.4) is 0 Å². The van der Waals surface area contributed by atoms with E-state index in [1.807, 2.05) is 0 Å². The Kier molecular flexibility index (Phi) is 3.47. The maximum absolute atomic E-state index is 11.1. The summed E-state index contributed by atoms with van der Waals surface area (Å²) in [5.41, 5.74) is -1.54. The van der Waals surface area contributed by atoms with Crippen LogP contribution in [0.25, 0.3) is 0 Å². The molecule has 2 fully saturated rings. The van der Waals surface area contributed by atoms with Crippen molar-refractivity contribution in [2.45, 2.75) is 51.6 Å². The lowest BCUT2D eigenvalue weighted by Gasteiger charge is -2.52. The van der Waals surface area contributed by atoms with Crippen LogP contribution in [-0.4, -0.2) is 23.9 Å². The highest BCUT2D eigenvalue weighted by Crippen LogP contribution is 2.51. The lowest BCUT2D eigenvalue weighted by molar-refractivity contribution is -0.172. The van der Waals surface area contributed by atoms with Crippen molar-refractivity contribution in [1.29, 1.82) is 5.26 Å². The molecule has 0 aromatic rings. The van der Waals surface area contributed by atoms with Crippen LogP contribution in [-0.2, 0) is 4.74 Å². The van der Waals surface area contributed by atoms with E-state index < -0.39 is 11.0 Å². The normalized spacial score (nSPS) is 47.4. The van der Waals surface area contributed by atoms with Crippen molar-refractivity contribution in [3.05, 3.63) is 0 Å². The molecule has 1 N–H and O–H groups in total. The zero-order valence-corrected chi connectivity index (χ0v) is 10.9. The fourth-order valence-corrected chi connectivity index (χ4v) is 3.64. The maximum Gasteiger partial charge on any atom is 0.109 e. The quantitative estimate of drug-likeness (QED) is 0.762. The number of nitriles is 1. The zero-order chi connectivity index (χ0) is 12.5. The molecule has 0 amide bonds. The van der Waals surface area contributed by atoms with Gasteiger partial charge in [-0.2, -0.15) is 5.26 Å². The maximum atomic E-state index is 11.1. The van der Waals surface area contributed by atoms with E-state index in [-0.39, 0.29) is 5.92 Å². The van der Waals surface area contributed by atoms with Gasteiger partial charge in [0.15, 0.2) is 0 Å². The Balaban J connectivity index is 2.31. The highest BCUT2D eigenvalue weighted by atomic mass is 16.5. The largest absolute Gasteiger partial charge is 0.388 e. The number of ether oxygens (including phenoxy) is 1. The van der Waals surface area contributed by atoms with Gasteiger partial charge in [-0.15, -0.1) is 0 Å². The SMILES string of the molecule is CC1CCCC(O)(C2(C#N)CCCOC2)C1C. The molecule has 1 saturated carbocycles. The second-order valence-corrected chi connectivity index (χ2v) is 5.93. The summed E-state index contributed by atoms with van der Waals surface area (Å²) in [7, 11) is 0. The van der Waals surface area contributed by atoms with E-state index >= 15 is 0 Å². The molecule has 0 spiro atoms. The van der Waals surface area contributed by atoms with Crippen LogP contribution in [0.4, 0.5) is 0 Å². The summed E-state index contributed by atoms with van der Waals surface area (Å²) in [6, 6.07) is 2.40. The minimum absolute atomic E-state index is 0.178. The van der Waals surface area contributed by atoms with E-state index in [2.05, 4.69) is 19.9 Å². The summed E-state index contributed by atoms with van der Waals surface area (Å²) >= 11 is 0. The molecular formula is C14H23NO2. The summed E-state index contributed by atoms with van der Waals surface area (Å²) < 4.78 is 5.50. The fourth-order valence-electron chi connectivity index (χ4n) is 3.64. The number of aliphatic hydroxyl groups is 1. The van der Waals surface area contributed by atoms with Crippen LogP contribution in [0.1, 0.15) is 46.0 Å². The lowest BCUT2D eigenvalue weighted by Crippen LogP contribution is -2.58. The first kappa shape index (κ1) is 12.9. The van der Waals surface area contributed by atoms with E-state index in [0.717, 1.165) is 38.7 Å². The molecule has 1 heterocycles. The van der Waals surface area contributed by atoms with Gasteiger partial charge in [0, 0.05) is 6.61 Å². The third kappa shape index (κ3) is 1.88. The van der Waals surface area contributed by atoms with Crippen molar-refractivity contribution in [2.75, 3.05) is 13.2 Å². The fraction of sp³-hybridized carbons (Fsp3) is 0.929. The Morgan fingerprint density at radius 2 is 2.06 bits per heavy atom. The topological polar surface area (TPSA) is 53.2 Å². The van der Waals surface area contributed by atoms with Gasteiger partial charge in [-0.1, -0.05) is 26.7 Å². The van der Waals surface area contributed by atoms with E-state index in [1.165, 1.54) is 0 Å². The van der Waals surface area contributed by atoms with Gasteiger partial charge in [0.25, 0.3) is 0 Å². The van der Waals surface area contributed by atoms with Crippen LogP contribution in [0.5, 0.6) is 0 Å². The van der Waals surface area contributed by atoms with Crippen LogP contribution in [0.2, 0.25) is 0 Å². The Labute approximate surface area is 104 Å². The molecule has 3 heteroatoms. The lowest BCUT2D eigenvalue weighted by atomic mass is 9.57. The molecule has 0 radical (unpaired) electrons. The average Bonchev–Trinajstić information content (AvgIpc) is 2.36. The Morgan fingerprint density at radius 3 is 2.65 bits per heavy atom. The molecule has 96 valence electrons. The minimum atomic E-state index is -0.861. The molecule has 1 aliphatic carbocycles. The predicted molar refractivity (Wildman–Crippen MR) is 65.2 cm³/mol. The predicted octanol–water partition coefficient (Wildman–Crippen LogP) is 2.49. The third-order valence-electron chi connectivity index (χ3n) is 5.11. The molecule has 0 bridgehead atoms. The van der Waals surface area contributed by atoms with Gasteiger partial charge < -0.3 is 9.84 Å². The van der Waals surface area contributed by atoms with E-state index in [0.29, 0.717) is 12.5 Å². The van der Waals surface area contributed by atoms with Crippen LogP contribution < -0.4 is 0 Å². The van der Waals surface area contributed by atoms with Crippen LogP contribution >= 0.6 is 0 Å². The first-order chi connectivity index (χ1) is 8.06. The highest BCUT2D eigenvalue weighted by Gasteiger charge is 2.56. The van der Waals surface area contributed by atoms with Gasteiger partial charge in [-0.25, -0.2) is 0 Å². The molecule has 0 aromatic heterocycles. The van der Waals surface area contributed by atoms with Crippen molar-refractivity contribution >= 4 is 0 Å². The van der Waals surface area contributed by atoms with Gasteiger partial charge >= 0.3 is 0 Å². The first-order valence-corrected chi connectivity index (χ1v) is 6.77. The summed E-state index contributed by atoms with van der Waals surface area (Å²) in [6.07, 6.45) is 4.58. The minimum Gasteiger partial charge on any atom is -0.388 e. The monoisotopic (exact) mass is 237 g/mol. The molecule has 4 unspecified atom stereocenters. The van der Waals surface area contributed by atoms with Gasteiger partial charge in [-0.05, 0) is 31.1 Å². The second-order valence-electron chi connectivity index (χ2n) is 5.93. The number of rotatable bonds is 1. The second kappa shape index (κ2) is 4.59. The molecule has 3 nitrogen and oxygen atoms in total. The highest BCUT2D eigenvalue weighted by molar-refractivity contribution is 5.15. The smallest absolute Gasteiger partial charge is 0.109 e. The Hall–Kier alpha value is -0.590. The van der Waals surface area contributed by atoms with Gasteiger partial charge in [-0.3, -0.25) is 0 Å². The molecular weight excluding hydrogens is 214 g/mol. The summed E-state index contributed by atoms with van der Waals surface area (Å²) in [6.45, 7) is 5.40. The molecule has 4 atom stereocenters. The van der Waals surface area contributed by atoms with Crippen LogP contribution in [0, 0.1) is 28.6 Å². The standard InChI is InChI=1S/C14H23NO2/c1-11-5-3-7-14(16,12(11)2)13(9-15)6-4-8-17-10-13/h11-12,16H,3-8,10H2,1-2H3. The molecule has 2 rings (SSSR count). The van der Waals surface area contributed by atoms with Crippen molar-refractivity contribution in [3.63, 3.8) is 0 Å². The third-order valence-corrected chi connectivity index (χ3v) is 5.11. The van der Waals surface area contributed by atoms with Crippen molar-refractivity contribution in [1.82, 2.24) is 0 Å². The van der Waals surface area contributed by atoms with E-state index in [1.54, 1.807) is 0 Å². The number of nitrogens with zero attached hydrogens (tertiary/aromatic N) is 1. The average molecular weight is 237 g/mol. The molecule has 1 aliphatic heterocycles. The Morgan fingerprint density at radius 1 is 1.29 bits per heavy atom. The molecule has 0 aromatic carbocycles. The zero-order valence-electron chi connectivity index (χ0n) is 10.9. The van der Waals surface area contributed by atoms with E-state index in [4.69, 9.17) is 4.74 Å². The van der Waals surface area contributed by atoms with Crippen molar-refractivity contribution in [2.24, 2.45) is 17.3 Å². The number of hydrogen-bond donors (Lipinski definition) is 1. The summed E-state index contributed by atoms with van der Waals surface area (Å²) in [5, 5.41) is 20.7. The van der Waals surface area contributed by atoms with Gasteiger partial charge in [0.05, 0.1) is 18.3 Å². The van der Waals surface area contributed by atoms with Crippen LogP contribution in [0.15, 0.2) is 0 Å². The molecule has 2 aliphatic rings. The van der Waals surface area contributed by atoms with Gasteiger partial charge in [0.1, 0.15) is 5.41 Å². The molecule has 1 saturated heterocycles. The van der Waals surface area contributed by atoms with Crippen molar-refractivity contribution in [3.8, 4) is 6.07 Å². The Bertz CT molecular complexity index is 317. The summed E-state index contributed by atoms with van der Waals surface area (Å²) in [4.78, 5) is 0. The summed E-state index contributed by atoms with van der Waals surface area (Å²) in [5.74, 6) is 0.665. The van der Waals surface area contributed by atoms with E-state index in [9.17, 15) is 10.4 Å². The van der Waals surface area contributed by atoms with Gasteiger partial charge in [0.2, 0.25) is 0 Å². The van der Waals surface area contributed by atoms with Crippen molar-refractivity contribution < 1.29 is 9.84 Å². The first-order valence-electron chi connectivity index (χ1n) is 6.77. The number of hydrogen-bond acceptors (Lipinski definition) is 3.